The summed E-state index contributed by atoms with van der Waals surface area (Å²) in [5.74, 6) is 0.140. The summed E-state index contributed by atoms with van der Waals surface area (Å²) < 4.78 is 27.6. The van der Waals surface area contributed by atoms with Crippen LogP contribution in [0.25, 0.3) is 0 Å². The Hall–Kier alpha value is -1.31. The topological polar surface area (TPSA) is 76.9 Å². The van der Waals surface area contributed by atoms with Crippen molar-refractivity contribution in [3.05, 3.63) is 34.8 Å². The van der Waals surface area contributed by atoms with E-state index in [2.05, 4.69) is 14.7 Å². The molecular weight excluding hydrogens is 299 g/mol. The molecule has 2 aromatic heterocycles. The van der Waals surface area contributed by atoms with Crippen molar-refractivity contribution in [2.75, 3.05) is 4.72 Å². The van der Waals surface area contributed by atoms with Gasteiger partial charge in [-0.05, 0) is 12.1 Å². The summed E-state index contributed by atoms with van der Waals surface area (Å²) in [7, 11) is -2.26. The van der Waals surface area contributed by atoms with E-state index in [0.717, 1.165) is 0 Å². The molecule has 96 valence electrons. The van der Waals surface area contributed by atoms with Gasteiger partial charge in [0.1, 0.15) is 11.0 Å². The van der Waals surface area contributed by atoms with Crippen molar-refractivity contribution in [1.82, 2.24) is 14.5 Å². The summed E-state index contributed by atoms with van der Waals surface area (Å²) in [6.45, 7) is 0. The number of pyridine rings is 1. The Morgan fingerprint density at radius 3 is 2.50 bits per heavy atom. The van der Waals surface area contributed by atoms with Crippen molar-refractivity contribution in [2.45, 2.75) is 5.03 Å². The fourth-order valence-corrected chi connectivity index (χ4v) is 2.75. The molecule has 0 amide bonds. The normalized spacial score (nSPS) is 11.5. The Balaban J connectivity index is 2.33. The van der Waals surface area contributed by atoms with Crippen molar-refractivity contribution in [3.63, 3.8) is 0 Å². The van der Waals surface area contributed by atoms with E-state index in [0.29, 0.717) is 5.02 Å². The van der Waals surface area contributed by atoms with Crippen LogP contribution < -0.4 is 4.72 Å². The summed E-state index contributed by atoms with van der Waals surface area (Å²) in [5.41, 5.74) is 0. The smallest absolute Gasteiger partial charge is 0.283 e. The van der Waals surface area contributed by atoms with Crippen LogP contribution >= 0.6 is 23.2 Å². The largest absolute Gasteiger partial charge is 0.324 e. The number of nitrogens with one attached hydrogen (secondary N) is 1. The van der Waals surface area contributed by atoms with Crippen molar-refractivity contribution in [1.29, 1.82) is 0 Å². The van der Waals surface area contributed by atoms with E-state index in [4.69, 9.17) is 23.2 Å². The molecular formula is C9H8Cl2N4O2S. The summed E-state index contributed by atoms with van der Waals surface area (Å²) in [5, 5.41) is 0.189. The first kappa shape index (κ1) is 13.1. The molecule has 9 heteroatoms. The molecule has 0 saturated heterocycles. The molecule has 2 heterocycles. The zero-order valence-electron chi connectivity index (χ0n) is 9.13. The minimum Gasteiger partial charge on any atom is -0.324 e. The quantitative estimate of drug-likeness (QED) is 0.940. The second-order valence-corrected chi connectivity index (χ2v) is 5.81. The van der Waals surface area contributed by atoms with Crippen molar-refractivity contribution in [3.8, 4) is 0 Å². The lowest BCUT2D eigenvalue weighted by molar-refractivity contribution is 0.598. The minimum atomic E-state index is -3.86. The Labute approximate surface area is 114 Å². The third-order valence-electron chi connectivity index (χ3n) is 2.06. The molecule has 1 N–H and O–H groups in total. The van der Waals surface area contributed by atoms with Crippen molar-refractivity contribution < 1.29 is 8.42 Å². The second-order valence-electron chi connectivity index (χ2n) is 3.42. The van der Waals surface area contributed by atoms with Gasteiger partial charge in [0.15, 0.2) is 0 Å². The molecule has 0 unspecified atom stereocenters. The van der Waals surface area contributed by atoms with E-state index in [1.54, 1.807) is 7.05 Å². The number of sulfonamides is 1. The Kier molecular flexibility index (Phi) is 3.47. The summed E-state index contributed by atoms with van der Waals surface area (Å²) in [6, 6.07) is 2.96. The van der Waals surface area contributed by atoms with Crippen LogP contribution in [-0.4, -0.2) is 23.0 Å². The molecule has 18 heavy (non-hydrogen) atoms. The highest BCUT2D eigenvalue weighted by Crippen LogP contribution is 2.21. The van der Waals surface area contributed by atoms with Gasteiger partial charge in [0, 0.05) is 13.2 Å². The maximum absolute atomic E-state index is 12.0. The van der Waals surface area contributed by atoms with Gasteiger partial charge >= 0.3 is 0 Å². The van der Waals surface area contributed by atoms with Crippen LogP contribution in [0.4, 0.5) is 5.82 Å². The van der Waals surface area contributed by atoms with Crippen LogP contribution in [-0.2, 0) is 17.1 Å². The van der Waals surface area contributed by atoms with E-state index in [1.807, 2.05) is 0 Å². The van der Waals surface area contributed by atoms with Crippen LogP contribution in [0.2, 0.25) is 10.2 Å². The SMILES string of the molecule is Cn1cnc(S(=O)(=O)Nc2ccc(Cl)cn2)c1Cl. The molecule has 0 saturated carbocycles. The molecule has 0 aliphatic carbocycles. The first-order chi connectivity index (χ1) is 8.40. The molecule has 2 aromatic rings. The van der Waals surface area contributed by atoms with Gasteiger partial charge in [0.05, 0.1) is 11.3 Å². The Morgan fingerprint density at radius 1 is 1.28 bits per heavy atom. The lowest BCUT2D eigenvalue weighted by atomic mass is 10.5. The lowest BCUT2D eigenvalue weighted by Gasteiger charge is -2.05. The molecule has 0 radical (unpaired) electrons. The second kappa shape index (κ2) is 4.75. The molecule has 0 aromatic carbocycles. The maximum atomic E-state index is 12.0. The first-order valence-electron chi connectivity index (χ1n) is 4.71. The Morgan fingerprint density at radius 2 is 2.00 bits per heavy atom. The fraction of sp³-hybridized carbons (Fsp3) is 0.111. The number of hydrogen-bond acceptors (Lipinski definition) is 4. The van der Waals surface area contributed by atoms with Crippen LogP contribution in [0, 0.1) is 0 Å². The zero-order valence-corrected chi connectivity index (χ0v) is 11.5. The predicted molar refractivity (Wildman–Crippen MR) is 68.3 cm³/mol. The third kappa shape index (κ3) is 2.58. The monoisotopic (exact) mass is 306 g/mol. The van der Waals surface area contributed by atoms with E-state index in [-0.39, 0.29) is 16.0 Å². The van der Waals surface area contributed by atoms with E-state index in [9.17, 15) is 8.42 Å². The highest BCUT2D eigenvalue weighted by atomic mass is 35.5. The van der Waals surface area contributed by atoms with Gasteiger partial charge in [0.2, 0.25) is 5.03 Å². The standard InChI is InChI=1S/C9H8Cl2N4O2S/c1-15-5-13-9(8(15)11)18(16,17)14-7-3-2-6(10)4-12-7/h2-5H,1H3,(H,12,14). The van der Waals surface area contributed by atoms with Gasteiger partial charge in [-0.1, -0.05) is 23.2 Å². The van der Waals surface area contributed by atoms with Crippen LogP contribution in [0.15, 0.2) is 29.7 Å². The van der Waals surface area contributed by atoms with E-state index < -0.39 is 10.0 Å². The molecule has 0 bridgehead atoms. The molecule has 6 nitrogen and oxygen atoms in total. The van der Waals surface area contributed by atoms with Gasteiger partial charge < -0.3 is 4.57 Å². The maximum Gasteiger partial charge on any atom is 0.283 e. The molecule has 0 atom stereocenters. The number of aromatic nitrogens is 3. The number of nitrogens with zero attached hydrogens (tertiary/aromatic N) is 3. The van der Waals surface area contributed by atoms with Crippen molar-refractivity contribution >= 4 is 39.0 Å². The summed E-state index contributed by atoms with van der Waals surface area (Å²) in [4.78, 5) is 7.55. The zero-order chi connectivity index (χ0) is 13.3. The minimum absolute atomic E-state index is 0.0245. The molecule has 0 aliphatic heterocycles. The number of hydrogen-bond donors (Lipinski definition) is 1. The van der Waals surface area contributed by atoms with Gasteiger partial charge in [-0.2, -0.15) is 8.42 Å². The molecule has 2 rings (SSSR count). The molecule has 0 spiro atoms. The highest BCUT2D eigenvalue weighted by Gasteiger charge is 2.22. The van der Waals surface area contributed by atoms with Crippen LogP contribution in [0.1, 0.15) is 0 Å². The van der Waals surface area contributed by atoms with Crippen LogP contribution in [0.3, 0.4) is 0 Å². The number of anilines is 1. The number of rotatable bonds is 3. The number of imidazole rings is 1. The van der Waals surface area contributed by atoms with Crippen LogP contribution in [0.5, 0.6) is 0 Å². The summed E-state index contributed by atoms with van der Waals surface area (Å²) >= 11 is 11.5. The fourth-order valence-electron chi connectivity index (χ4n) is 1.20. The Bertz CT molecular complexity index is 666. The number of aryl methyl sites for hydroxylation is 1. The van der Waals surface area contributed by atoms with Gasteiger partial charge in [-0.3, -0.25) is 4.72 Å². The summed E-state index contributed by atoms with van der Waals surface area (Å²) in [6.07, 6.45) is 2.64. The molecule has 0 aliphatic rings. The van der Waals surface area contributed by atoms with E-state index in [1.165, 1.54) is 29.2 Å². The predicted octanol–water partition coefficient (Wildman–Crippen LogP) is 1.92. The third-order valence-corrected chi connectivity index (χ3v) is 4.12. The highest BCUT2D eigenvalue weighted by molar-refractivity contribution is 7.92. The number of halogens is 2. The average molecular weight is 307 g/mol. The van der Waals surface area contributed by atoms with Gasteiger partial charge in [0.25, 0.3) is 10.0 Å². The lowest BCUT2D eigenvalue weighted by Crippen LogP contribution is -2.14. The van der Waals surface area contributed by atoms with Gasteiger partial charge in [-0.15, -0.1) is 0 Å². The molecule has 0 fully saturated rings. The van der Waals surface area contributed by atoms with Crippen molar-refractivity contribution in [2.24, 2.45) is 7.05 Å². The van der Waals surface area contributed by atoms with Gasteiger partial charge in [-0.25, -0.2) is 9.97 Å². The van der Waals surface area contributed by atoms with E-state index >= 15 is 0 Å². The average Bonchev–Trinajstić information content (AvgIpc) is 2.63. The first-order valence-corrected chi connectivity index (χ1v) is 6.95.